The first-order valence-electron chi connectivity index (χ1n) is 5.23. The summed E-state index contributed by atoms with van der Waals surface area (Å²) in [4.78, 5) is 12.1. The molecule has 96 valence electrons. The fourth-order valence-corrected chi connectivity index (χ4v) is 2.37. The van der Waals surface area contributed by atoms with Crippen LogP contribution in [0.4, 0.5) is 0 Å². The second kappa shape index (κ2) is 5.30. The number of hydrogen-bond acceptors (Lipinski definition) is 4. The maximum atomic E-state index is 12.1. The molecule has 1 atom stereocenters. The summed E-state index contributed by atoms with van der Waals surface area (Å²) in [6, 6.07) is 0. The summed E-state index contributed by atoms with van der Waals surface area (Å²) in [5, 5.41) is 3.00. The highest BCUT2D eigenvalue weighted by molar-refractivity contribution is 9.10. The van der Waals surface area contributed by atoms with Gasteiger partial charge in [-0.1, -0.05) is 6.92 Å². The van der Waals surface area contributed by atoms with Gasteiger partial charge in [0.2, 0.25) is 0 Å². The first-order chi connectivity index (χ1) is 7.79. The lowest BCUT2D eigenvalue weighted by Crippen LogP contribution is -2.28. The highest BCUT2D eigenvalue weighted by atomic mass is 79.9. The van der Waals surface area contributed by atoms with Gasteiger partial charge < -0.3 is 0 Å². The predicted octanol–water partition coefficient (Wildman–Crippen LogP) is 1.67. The van der Waals surface area contributed by atoms with Gasteiger partial charge in [-0.3, -0.25) is 9.48 Å². The molecule has 0 aromatic carbocycles. The molecule has 0 spiro atoms. The van der Waals surface area contributed by atoms with E-state index in [1.807, 2.05) is 6.92 Å². The number of sulfone groups is 1. The van der Waals surface area contributed by atoms with Crippen molar-refractivity contribution in [3.63, 3.8) is 0 Å². The number of hydrogen-bond donors (Lipinski definition) is 0. The molecule has 0 fully saturated rings. The number of Topliss-reactive ketones (excluding diaryl/α,β-unsaturated/α-hetero) is 1. The third-order valence-corrected chi connectivity index (χ3v) is 4.55. The molecule has 0 aliphatic rings. The van der Waals surface area contributed by atoms with E-state index in [2.05, 4.69) is 21.0 Å². The van der Waals surface area contributed by atoms with E-state index in [1.54, 1.807) is 0 Å². The smallest absolute Gasteiger partial charge is 0.199 e. The standard InChI is InChI=1S/C10H15BrN2O3S/c1-4-5-13-9(8(11)6-12-13)10(14)7(2)17(3,15)16/h6-7H,4-5H2,1-3H3. The van der Waals surface area contributed by atoms with Crippen molar-refractivity contribution < 1.29 is 13.2 Å². The van der Waals surface area contributed by atoms with E-state index in [4.69, 9.17) is 0 Å². The molecular weight excluding hydrogens is 308 g/mol. The third-order valence-electron chi connectivity index (χ3n) is 2.48. The average Bonchev–Trinajstić information content (AvgIpc) is 2.57. The van der Waals surface area contributed by atoms with Crippen LogP contribution >= 0.6 is 15.9 Å². The number of carbonyl (C=O) groups is 1. The summed E-state index contributed by atoms with van der Waals surface area (Å²) in [7, 11) is -3.39. The van der Waals surface area contributed by atoms with Gasteiger partial charge in [-0.25, -0.2) is 8.42 Å². The van der Waals surface area contributed by atoms with E-state index in [1.165, 1.54) is 17.8 Å². The maximum absolute atomic E-state index is 12.1. The van der Waals surface area contributed by atoms with Crippen LogP contribution < -0.4 is 0 Å². The lowest BCUT2D eigenvalue weighted by molar-refractivity contribution is 0.0980. The highest BCUT2D eigenvalue weighted by Crippen LogP contribution is 2.20. The molecule has 1 rings (SSSR count). The van der Waals surface area contributed by atoms with Crippen molar-refractivity contribution >= 4 is 31.6 Å². The summed E-state index contributed by atoms with van der Waals surface area (Å²) in [6.45, 7) is 3.94. The second-order valence-electron chi connectivity index (χ2n) is 3.90. The fraction of sp³-hybridized carbons (Fsp3) is 0.600. The Morgan fingerprint density at radius 1 is 1.59 bits per heavy atom. The van der Waals surface area contributed by atoms with E-state index < -0.39 is 20.9 Å². The number of nitrogens with zero attached hydrogens (tertiary/aromatic N) is 2. The van der Waals surface area contributed by atoms with Crippen LogP contribution in [0.15, 0.2) is 10.7 Å². The average molecular weight is 323 g/mol. The molecule has 1 aromatic rings. The van der Waals surface area contributed by atoms with Crippen molar-refractivity contribution in [2.24, 2.45) is 0 Å². The largest absolute Gasteiger partial charge is 0.291 e. The number of carbonyl (C=O) groups excluding carboxylic acids is 1. The quantitative estimate of drug-likeness (QED) is 0.773. The number of rotatable bonds is 5. The molecule has 1 heterocycles. The lowest BCUT2D eigenvalue weighted by atomic mass is 10.2. The van der Waals surface area contributed by atoms with Crippen LogP contribution in [0, 0.1) is 0 Å². The zero-order valence-corrected chi connectivity index (χ0v) is 12.4. The fourth-order valence-electron chi connectivity index (χ4n) is 1.38. The van der Waals surface area contributed by atoms with Gasteiger partial charge in [-0.05, 0) is 29.3 Å². The minimum atomic E-state index is -3.39. The molecule has 5 nitrogen and oxygen atoms in total. The van der Waals surface area contributed by atoms with Gasteiger partial charge in [0.1, 0.15) is 10.9 Å². The summed E-state index contributed by atoms with van der Waals surface area (Å²) in [6.07, 6.45) is 3.39. The van der Waals surface area contributed by atoms with Gasteiger partial charge in [0, 0.05) is 12.8 Å². The first kappa shape index (κ1) is 14.4. The Balaban J connectivity index is 3.16. The van der Waals surface area contributed by atoms with E-state index in [0.29, 0.717) is 16.7 Å². The summed E-state index contributed by atoms with van der Waals surface area (Å²) >= 11 is 3.22. The number of aryl methyl sites for hydroxylation is 1. The van der Waals surface area contributed by atoms with Crippen molar-refractivity contribution in [1.29, 1.82) is 0 Å². The molecule has 0 radical (unpaired) electrons. The monoisotopic (exact) mass is 322 g/mol. The van der Waals surface area contributed by atoms with Crippen LogP contribution in [0.5, 0.6) is 0 Å². The lowest BCUT2D eigenvalue weighted by Gasteiger charge is -2.10. The summed E-state index contributed by atoms with van der Waals surface area (Å²) in [5.41, 5.74) is 0.324. The maximum Gasteiger partial charge on any atom is 0.199 e. The SMILES string of the molecule is CCCn1ncc(Br)c1C(=O)C(C)S(C)(=O)=O. The Kier molecular flexibility index (Phi) is 4.48. The molecule has 0 amide bonds. The molecule has 0 aliphatic heterocycles. The minimum Gasteiger partial charge on any atom is -0.291 e. The van der Waals surface area contributed by atoms with Crippen molar-refractivity contribution in [2.75, 3.05) is 6.26 Å². The van der Waals surface area contributed by atoms with Gasteiger partial charge >= 0.3 is 0 Å². The topological polar surface area (TPSA) is 69.0 Å². The molecule has 0 N–H and O–H groups in total. The highest BCUT2D eigenvalue weighted by Gasteiger charge is 2.29. The Hall–Kier alpha value is -0.690. The molecule has 0 saturated heterocycles. The van der Waals surface area contributed by atoms with Gasteiger partial charge in [0.15, 0.2) is 15.6 Å². The molecule has 0 aliphatic carbocycles. The van der Waals surface area contributed by atoms with Crippen LogP contribution in [0.25, 0.3) is 0 Å². The van der Waals surface area contributed by atoms with Crippen LogP contribution in [-0.2, 0) is 16.4 Å². The van der Waals surface area contributed by atoms with E-state index in [0.717, 1.165) is 12.7 Å². The molecule has 0 saturated carbocycles. The molecule has 1 unspecified atom stereocenters. The molecule has 1 aromatic heterocycles. The molecular formula is C10H15BrN2O3S. The predicted molar refractivity (Wildman–Crippen MR) is 68.9 cm³/mol. The molecule has 0 bridgehead atoms. The minimum absolute atomic E-state index is 0.324. The molecule has 17 heavy (non-hydrogen) atoms. The van der Waals surface area contributed by atoms with E-state index in [9.17, 15) is 13.2 Å². The van der Waals surface area contributed by atoms with Crippen molar-refractivity contribution in [3.8, 4) is 0 Å². The summed E-state index contributed by atoms with van der Waals surface area (Å²) < 4.78 is 24.8. The summed E-state index contributed by atoms with van der Waals surface area (Å²) in [5.74, 6) is -0.426. The van der Waals surface area contributed by atoms with E-state index in [-0.39, 0.29) is 0 Å². The van der Waals surface area contributed by atoms with Crippen molar-refractivity contribution in [1.82, 2.24) is 9.78 Å². The Labute approximate surface area is 109 Å². The second-order valence-corrected chi connectivity index (χ2v) is 7.12. The zero-order chi connectivity index (χ0) is 13.2. The Bertz CT molecular complexity index is 522. The number of aromatic nitrogens is 2. The van der Waals surface area contributed by atoms with Gasteiger partial charge in [0.05, 0.1) is 10.7 Å². The van der Waals surface area contributed by atoms with Crippen molar-refractivity contribution in [2.45, 2.75) is 32.1 Å². The molecule has 7 heteroatoms. The normalized spacial score (nSPS) is 13.6. The van der Waals surface area contributed by atoms with Gasteiger partial charge in [-0.15, -0.1) is 0 Å². The van der Waals surface area contributed by atoms with Gasteiger partial charge in [0.25, 0.3) is 0 Å². The first-order valence-corrected chi connectivity index (χ1v) is 7.98. The zero-order valence-electron chi connectivity index (χ0n) is 9.97. The van der Waals surface area contributed by atoms with Crippen LogP contribution in [-0.4, -0.2) is 35.5 Å². The Morgan fingerprint density at radius 2 is 2.18 bits per heavy atom. The van der Waals surface area contributed by atoms with Crippen LogP contribution in [0.3, 0.4) is 0 Å². The van der Waals surface area contributed by atoms with Crippen molar-refractivity contribution in [3.05, 3.63) is 16.4 Å². The third kappa shape index (κ3) is 3.16. The van der Waals surface area contributed by atoms with E-state index >= 15 is 0 Å². The van der Waals surface area contributed by atoms with Gasteiger partial charge in [-0.2, -0.15) is 5.10 Å². The van der Waals surface area contributed by atoms with Crippen LogP contribution in [0.2, 0.25) is 0 Å². The number of ketones is 1. The number of halogens is 1. The Morgan fingerprint density at radius 3 is 2.65 bits per heavy atom. The van der Waals surface area contributed by atoms with Crippen LogP contribution in [0.1, 0.15) is 30.8 Å².